The lowest BCUT2D eigenvalue weighted by Gasteiger charge is -2.33. The van der Waals surface area contributed by atoms with Crippen molar-refractivity contribution in [2.45, 2.75) is 43.9 Å². The Morgan fingerprint density at radius 1 is 0.677 bits per heavy atom. The topological polar surface area (TPSA) is 115 Å². The molecular weight excluding hydrogens is 570 g/mol. The van der Waals surface area contributed by atoms with Crippen LogP contribution in [-0.2, 0) is 14.5 Å². The van der Waals surface area contributed by atoms with E-state index in [0.717, 1.165) is 31.2 Å². The number of unbranched alkanes of at least 4 members (excludes halogenated alkanes) is 2. The number of hydrogen-bond donors (Lipinski definition) is 4. The van der Waals surface area contributed by atoms with Crippen LogP contribution in [0.25, 0.3) is 11.1 Å². The molecule has 0 aliphatic heterocycles. The molecule has 0 spiro atoms. The molecule has 0 aromatic heterocycles. The molecular formula is C21H26Br2O6P2. The zero-order valence-corrected chi connectivity index (χ0v) is 21.8. The van der Waals surface area contributed by atoms with E-state index in [4.69, 9.17) is 0 Å². The fourth-order valence-electron chi connectivity index (χ4n) is 4.59. The van der Waals surface area contributed by atoms with E-state index in [-0.39, 0.29) is 17.7 Å². The lowest BCUT2D eigenvalue weighted by molar-refractivity contribution is 0.364. The molecule has 0 saturated carbocycles. The summed E-state index contributed by atoms with van der Waals surface area (Å²) in [6, 6.07) is 12.4. The van der Waals surface area contributed by atoms with Gasteiger partial charge in [-0.1, -0.05) is 56.8 Å². The van der Waals surface area contributed by atoms with Crippen molar-refractivity contribution >= 4 is 47.1 Å². The van der Waals surface area contributed by atoms with Crippen LogP contribution in [0.3, 0.4) is 0 Å². The van der Waals surface area contributed by atoms with Crippen molar-refractivity contribution < 1.29 is 28.7 Å². The quantitative estimate of drug-likeness (QED) is 0.193. The summed E-state index contributed by atoms with van der Waals surface area (Å²) in [6.45, 7) is 0. The lowest BCUT2D eigenvalue weighted by atomic mass is 9.71. The van der Waals surface area contributed by atoms with E-state index in [1.807, 2.05) is 12.1 Å². The van der Waals surface area contributed by atoms with Crippen molar-refractivity contribution in [2.75, 3.05) is 12.3 Å². The van der Waals surface area contributed by atoms with E-state index >= 15 is 0 Å². The average Bonchev–Trinajstić information content (AvgIpc) is 2.90. The number of fused-ring (bicyclic) bond motifs is 3. The minimum absolute atomic E-state index is 0.141. The Bertz CT molecular complexity index is 963. The van der Waals surface area contributed by atoms with Gasteiger partial charge >= 0.3 is 15.2 Å². The third kappa shape index (κ3) is 6.39. The normalized spacial score (nSPS) is 15.0. The molecule has 0 fully saturated rings. The average molecular weight is 596 g/mol. The third-order valence-corrected chi connectivity index (χ3v) is 8.67. The van der Waals surface area contributed by atoms with Crippen LogP contribution in [0, 0.1) is 0 Å². The summed E-state index contributed by atoms with van der Waals surface area (Å²) in [5, 5.41) is 0. The second-order valence-corrected chi connectivity index (χ2v) is 13.5. The number of hydrogen-bond acceptors (Lipinski definition) is 2. The molecule has 3 rings (SSSR count). The molecule has 0 atom stereocenters. The SMILES string of the molecule is O=P(O)(O)CCCCC1(CCCCP(=O)(O)O)c2cc(Br)ccc2-c2ccc(Br)cc21. The van der Waals surface area contributed by atoms with Crippen molar-refractivity contribution in [3.63, 3.8) is 0 Å². The Balaban J connectivity index is 1.97. The summed E-state index contributed by atoms with van der Waals surface area (Å²) < 4.78 is 24.5. The molecule has 170 valence electrons. The van der Waals surface area contributed by atoms with Crippen molar-refractivity contribution in [1.82, 2.24) is 0 Å². The molecule has 1 aliphatic rings. The summed E-state index contributed by atoms with van der Waals surface area (Å²) in [5.74, 6) is 0. The molecule has 0 saturated heterocycles. The molecule has 0 unspecified atom stereocenters. The van der Waals surface area contributed by atoms with Crippen LogP contribution < -0.4 is 0 Å². The van der Waals surface area contributed by atoms with Crippen LogP contribution in [0.4, 0.5) is 0 Å². The second-order valence-electron chi connectivity index (χ2n) is 8.15. The molecule has 2 aromatic rings. The van der Waals surface area contributed by atoms with Crippen LogP contribution >= 0.6 is 47.1 Å². The van der Waals surface area contributed by atoms with Gasteiger partial charge in [0, 0.05) is 26.7 Å². The van der Waals surface area contributed by atoms with Gasteiger partial charge in [0.2, 0.25) is 0 Å². The van der Waals surface area contributed by atoms with Gasteiger partial charge < -0.3 is 19.6 Å². The van der Waals surface area contributed by atoms with E-state index in [2.05, 4.69) is 56.1 Å². The highest BCUT2D eigenvalue weighted by Crippen LogP contribution is 2.55. The molecule has 0 heterocycles. The highest BCUT2D eigenvalue weighted by molar-refractivity contribution is 9.10. The summed E-state index contributed by atoms with van der Waals surface area (Å²) in [5.41, 5.74) is 4.21. The van der Waals surface area contributed by atoms with E-state index < -0.39 is 15.2 Å². The predicted molar refractivity (Wildman–Crippen MR) is 130 cm³/mol. The Kier molecular flexibility index (Phi) is 8.09. The molecule has 31 heavy (non-hydrogen) atoms. The molecule has 10 heteroatoms. The van der Waals surface area contributed by atoms with Gasteiger partial charge in [-0.3, -0.25) is 9.13 Å². The van der Waals surface area contributed by atoms with Crippen LogP contribution in [-0.4, -0.2) is 31.9 Å². The first-order valence-electron chi connectivity index (χ1n) is 10.1. The monoisotopic (exact) mass is 594 g/mol. The largest absolute Gasteiger partial charge is 0.325 e. The Labute approximate surface area is 199 Å². The van der Waals surface area contributed by atoms with Gasteiger partial charge in [0.05, 0.1) is 0 Å². The highest BCUT2D eigenvalue weighted by Gasteiger charge is 2.42. The molecule has 6 nitrogen and oxygen atoms in total. The van der Waals surface area contributed by atoms with Gasteiger partial charge in [0.25, 0.3) is 0 Å². The van der Waals surface area contributed by atoms with Crippen LogP contribution in [0.2, 0.25) is 0 Å². The Morgan fingerprint density at radius 3 is 1.42 bits per heavy atom. The highest BCUT2D eigenvalue weighted by atomic mass is 79.9. The smallest absolute Gasteiger partial charge is 0.324 e. The van der Waals surface area contributed by atoms with Crippen molar-refractivity contribution in [2.24, 2.45) is 0 Å². The van der Waals surface area contributed by atoms with Gasteiger partial charge in [-0.15, -0.1) is 0 Å². The molecule has 0 bridgehead atoms. The van der Waals surface area contributed by atoms with Gasteiger partial charge in [-0.25, -0.2) is 0 Å². The Hall–Kier alpha value is -0.300. The summed E-state index contributed by atoms with van der Waals surface area (Å²) >= 11 is 7.15. The van der Waals surface area contributed by atoms with Crippen LogP contribution in [0.5, 0.6) is 0 Å². The van der Waals surface area contributed by atoms with E-state index in [1.54, 1.807) is 0 Å². The minimum Gasteiger partial charge on any atom is -0.324 e. The number of benzene rings is 2. The van der Waals surface area contributed by atoms with Crippen LogP contribution in [0.15, 0.2) is 45.3 Å². The number of rotatable bonds is 10. The van der Waals surface area contributed by atoms with Gasteiger partial charge in [0.15, 0.2) is 0 Å². The third-order valence-electron chi connectivity index (χ3n) is 5.89. The van der Waals surface area contributed by atoms with Gasteiger partial charge in [0.1, 0.15) is 0 Å². The van der Waals surface area contributed by atoms with Gasteiger partial charge in [-0.2, -0.15) is 0 Å². The molecule has 1 aliphatic carbocycles. The summed E-state index contributed by atoms with van der Waals surface area (Å²) in [4.78, 5) is 36.9. The first-order chi connectivity index (χ1) is 14.4. The maximum absolute atomic E-state index is 11.3. The lowest BCUT2D eigenvalue weighted by Crippen LogP contribution is -2.26. The zero-order chi connectivity index (χ0) is 22.9. The van der Waals surface area contributed by atoms with Crippen molar-refractivity contribution in [1.29, 1.82) is 0 Å². The van der Waals surface area contributed by atoms with E-state index in [0.29, 0.717) is 38.5 Å². The maximum atomic E-state index is 11.3. The zero-order valence-electron chi connectivity index (χ0n) is 16.9. The second kappa shape index (κ2) is 9.90. The molecule has 4 N–H and O–H groups in total. The first-order valence-corrected chi connectivity index (χ1v) is 15.3. The van der Waals surface area contributed by atoms with Gasteiger partial charge in [-0.05, 0) is 72.2 Å². The Morgan fingerprint density at radius 2 is 1.06 bits per heavy atom. The fourth-order valence-corrected chi connectivity index (χ4v) is 6.59. The molecule has 0 amide bonds. The molecule has 0 radical (unpaired) electrons. The fraction of sp³-hybridized carbons (Fsp3) is 0.429. The minimum atomic E-state index is -4.04. The summed E-state index contributed by atoms with van der Waals surface area (Å²) in [6.07, 6.45) is 3.24. The number of halogens is 2. The van der Waals surface area contributed by atoms with Crippen molar-refractivity contribution in [3.05, 3.63) is 56.5 Å². The first kappa shape index (κ1) is 25.3. The summed E-state index contributed by atoms with van der Waals surface area (Å²) in [7, 11) is -8.09. The van der Waals surface area contributed by atoms with E-state index in [9.17, 15) is 28.7 Å². The van der Waals surface area contributed by atoms with Crippen molar-refractivity contribution in [3.8, 4) is 11.1 Å². The molecule has 2 aromatic carbocycles. The maximum Gasteiger partial charge on any atom is 0.325 e. The predicted octanol–water partition coefficient (Wildman–Crippen LogP) is 6.17. The van der Waals surface area contributed by atoms with E-state index in [1.165, 1.54) is 0 Å². The standard InChI is InChI=1S/C21H26Br2O6P2/c22-15-5-7-17-18-8-6-16(23)14-20(18)21(19(17)13-15,9-1-3-11-30(24,25)26)10-2-4-12-31(27,28)29/h5-8,13-14H,1-4,9-12H2,(H2,24,25,26)(H2,27,28,29). The van der Waals surface area contributed by atoms with Crippen LogP contribution in [0.1, 0.15) is 49.7 Å².